The minimum Gasteiger partial charge on any atom is -0.396 e. The molecule has 3 aromatic heterocycles. The van der Waals surface area contributed by atoms with Crippen molar-refractivity contribution in [1.29, 1.82) is 0 Å². The number of carbonyl (C=O) groups is 1. The SMILES string of the molecule is [2H]c1c(CCO)c2cc3cc(CCO)c(cc4nc(cc5nc(cc1[nH]2)C=C5)C(C(=O)NCCN)=C4)[nH]3. The van der Waals surface area contributed by atoms with Crippen molar-refractivity contribution in [2.45, 2.75) is 12.8 Å². The Labute approximate surface area is 208 Å². The Bertz CT molecular complexity index is 1580. The third kappa shape index (κ3) is 4.99. The fourth-order valence-corrected chi connectivity index (χ4v) is 4.30. The Morgan fingerprint density at radius 1 is 0.917 bits per heavy atom. The zero-order valence-corrected chi connectivity index (χ0v) is 19.6. The first-order valence-electron chi connectivity index (χ1n) is 12.3. The van der Waals surface area contributed by atoms with Gasteiger partial charge in [-0.3, -0.25) is 4.79 Å². The average Bonchev–Trinajstić information content (AvgIpc) is 3.64. The van der Waals surface area contributed by atoms with Gasteiger partial charge in [-0.2, -0.15) is 0 Å². The Morgan fingerprint density at radius 2 is 1.64 bits per heavy atom. The molecule has 0 unspecified atom stereocenters. The third-order valence-electron chi connectivity index (χ3n) is 5.92. The van der Waals surface area contributed by atoms with E-state index < -0.39 is 0 Å². The van der Waals surface area contributed by atoms with Gasteiger partial charge in [0.15, 0.2) is 0 Å². The lowest BCUT2D eigenvalue weighted by atomic mass is 10.1. The van der Waals surface area contributed by atoms with Gasteiger partial charge in [-0.1, -0.05) is 0 Å². The highest BCUT2D eigenvalue weighted by atomic mass is 16.3. The lowest BCUT2D eigenvalue weighted by molar-refractivity contribution is -0.115. The molecule has 5 heterocycles. The van der Waals surface area contributed by atoms with Crippen LogP contribution in [0, 0.1) is 0 Å². The number of hydrogen-bond acceptors (Lipinski definition) is 6. The normalized spacial score (nSPS) is 13.0. The van der Waals surface area contributed by atoms with E-state index in [4.69, 9.17) is 12.1 Å². The molecular weight excluding hydrogens is 456 g/mol. The van der Waals surface area contributed by atoms with Crippen LogP contribution >= 0.6 is 0 Å². The van der Waals surface area contributed by atoms with Crippen LogP contribution in [0.1, 0.15) is 35.3 Å². The predicted octanol–water partition coefficient (Wildman–Crippen LogP) is 2.17. The second kappa shape index (κ2) is 10.3. The van der Waals surface area contributed by atoms with Gasteiger partial charge in [-0.05, 0) is 78.6 Å². The van der Waals surface area contributed by atoms with Gasteiger partial charge in [-0.15, -0.1) is 0 Å². The molecular formula is C27H28N6O3. The molecule has 0 aromatic carbocycles. The Hall–Kier alpha value is -4.05. The molecule has 3 aromatic rings. The highest BCUT2D eigenvalue weighted by molar-refractivity contribution is 6.24. The van der Waals surface area contributed by atoms with Gasteiger partial charge < -0.3 is 31.2 Å². The van der Waals surface area contributed by atoms with Gasteiger partial charge in [-0.25, -0.2) is 9.97 Å². The molecule has 0 saturated carbocycles. The molecule has 1 amide bonds. The van der Waals surface area contributed by atoms with E-state index in [0.717, 1.165) is 16.6 Å². The van der Waals surface area contributed by atoms with Crippen molar-refractivity contribution in [2.24, 2.45) is 5.73 Å². The molecule has 0 fully saturated rings. The number of H-pyrrole nitrogens is 2. The van der Waals surface area contributed by atoms with Gasteiger partial charge in [0.05, 0.1) is 29.7 Å². The highest BCUT2D eigenvalue weighted by Crippen LogP contribution is 2.25. The number of nitrogens with two attached hydrogens (primary N) is 1. The molecule has 0 aliphatic carbocycles. The molecule has 0 radical (unpaired) electrons. The molecule has 5 rings (SSSR count). The summed E-state index contributed by atoms with van der Waals surface area (Å²) in [5.41, 5.74) is 12.7. The summed E-state index contributed by atoms with van der Waals surface area (Å²) >= 11 is 0. The van der Waals surface area contributed by atoms with Crippen LogP contribution in [0.15, 0.2) is 36.4 Å². The Kier molecular flexibility index (Phi) is 6.41. The van der Waals surface area contributed by atoms with E-state index >= 15 is 0 Å². The van der Waals surface area contributed by atoms with Gasteiger partial charge in [0.1, 0.15) is 0 Å². The zero-order chi connectivity index (χ0) is 25.9. The van der Waals surface area contributed by atoms with Crippen molar-refractivity contribution in [3.63, 3.8) is 0 Å². The van der Waals surface area contributed by atoms with Crippen LogP contribution in [0.4, 0.5) is 0 Å². The van der Waals surface area contributed by atoms with Crippen molar-refractivity contribution < 1.29 is 16.4 Å². The molecule has 0 spiro atoms. The standard InChI is InChI=1S/C27H28N6O3/c28-5-6-29-27(36)23-12-22-15-25-17(4-8-35)10-21(32-25)14-24-16(3-7-34)9-20(31-24)11-18-1-2-19(30-18)13-26(23)33-22/h1-2,9-15,31-32,34-35H,3-8,28H2,(H,29,36)/i9D. The number of rotatable bonds is 7. The van der Waals surface area contributed by atoms with Gasteiger partial charge in [0.25, 0.3) is 5.91 Å². The first kappa shape index (κ1) is 22.4. The maximum absolute atomic E-state index is 12.9. The largest absolute Gasteiger partial charge is 0.396 e. The smallest absolute Gasteiger partial charge is 0.253 e. The van der Waals surface area contributed by atoms with Crippen LogP contribution in [-0.2, 0) is 17.6 Å². The number of aliphatic hydroxyl groups is 2. The number of nitrogens with zero attached hydrogens (tertiary/aromatic N) is 2. The minimum absolute atomic E-state index is 0.0304. The van der Waals surface area contributed by atoms with E-state index in [2.05, 4.69) is 20.3 Å². The van der Waals surface area contributed by atoms with Crippen LogP contribution < -0.4 is 11.1 Å². The molecule has 0 saturated heterocycles. The molecule has 9 nitrogen and oxygen atoms in total. The molecule has 8 bridgehead atoms. The van der Waals surface area contributed by atoms with Crippen LogP contribution in [0.5, 0.6) is 0 Å². The Balaban J connectivity index is 1.81. The number of carbonyl (C=O) groups excluding carboxylic acids is 1. The van der Waals surface area contributed by atoms with Crippen molar-refractivity contribution >= 4 is 51.8 Å². The van der Waals surface area contributed by atoms with E-state index in [1.54, 1.807) is 18.2 Å². The fourth-order valence-electron chi connectivity index (χ4n) is 4.30. The fraction of sp³-hybridized carbons (Fsp3) is 0.222. The second-order valence-electron chi connectivity index (χ2n) is 8.56. The first-order chi connectivity index (χ1) is 18.0. The maximum Gasteiger partial charge on any atom is 0.253 e. The van der Waals surface area contributed by atoms with Crippen LogP contribution in [0.2, 0.25) is 0 Å². The number of fused-ring (bicyclic) bond motifs is 8. The van der Waals surface area contributed by atoms with Gasteiger partial charge in [0.2, 0.25) is 0 Å². The molecule has 2 aliphatic rings. The van der Waals surface area contributed by atoms with Crippen molar-refractivity contribution in [2.75, 3.05) is 26.3 Å². The average molecular weight is 486 g/mol. The van der Waals surface area contributed by atoms with Crippen LogP contribution in [-0.4, -0.2) is 62.4 Å². The van der Waals surface area contributed by atoms with Crippen molar-refractivity contribution in [3.8, 4) is 0 Å². The third-order valence-corrected chi connectivity index (χ3v) is 5.92. The van der Waals surface area contributed by atoms with Gasteiger partial charge in [0, 0.05) is 48.4 Å². The number of aromatic nitrogens is 4. The molecule has 0 atom stereocenters. The summed E-state index contributed by atoms with van der Waals surface area (Å²) in [5.74, 6) is -0.273. The number of aromatic amines is 2. The lowest BCUT2D eigenvalue weighted by Crippen LogP contribution is -2.29. The number of aliphatic hydroxyl groups excluding tert-OH is 2. The summed E-state index contributed by atoms with van der Waals surface area (Å²) in [7, 11) is 0. The highest BCUT2D eigenvalue weighted by Gasteiger charge is 2.18. The topological polar surface area (TPSA) is 153 Å². The lowest BCUT2D eigenvalue weighted by Gasteiger charge is -2.03. The van der Waals surface area contributed by atoms with Crippen LogP contribution in [0.3, 0.4) is 0 Å². The van der Waals surface area contributed by atoms with Crippen LogP contribution in [0.25, 0.3) is 45.9 Å². The second-order valence-corrected chi connectivity index (χ2v) is 8.56. The van der Waals surface area contributed by atoms with Crippen molar-refractivity contribution in [1.82, 2.24) is 25.3 Å². The molecule has 2 aliphatic heterocycles. The predicted molar refractivity (Wildman–Crippen MR) is 141 cm³/mol. The molecule has 9 heteroatoms. The molecule has 184 valence electrons. The Morgan fingerprint density at radius 3 is 2.42 bits per heavy atom. The summed E-state index contributed by atoms with van der Waals surface area (Å²) in [6, 6.07) is 9.50. The first-order valence-corrected chi connectivity index (χ1v) is 11.8. The van der Waals surface area contributed by atoms with Crippen molar-refractivity contribution in [3.05, 3.63) is 70.3 Å². The summed E-state index contributed by atoms with van der Waals surface area (Å²) in [5, 5.41) is 22.0. The monoisotopic (exact) mass is 485 g/mol. The van der Waals surface area contributed by atoms with Gasteiger partial charge >= 0.3 is 0 Å². The quantitative estimate of drug-likeness (QED) is 0.236. The summed E-state index contributed by atoms with van der Waals surface area (Å²) in [6.45, 7) is 0.561. The number of amides is 1. The molecule has 7 N–H and O–H groups in total. The number of nitrogens with one attached hydrogen (secondary N) is 3. The van der Waals surface area contributed by atoms with E-state index in [1.807, 2.05) is 30.4 Å². The van der Waals surface area contributed by atoms with E-state index in [-0.39, 0.29) is 19.1 Å². The van der Waals surface area contributed by atoms with E-state index in [1.165, 1.54) is 0 Å². The minimum atomic E-state index is -0.273. The number of hydrogen-bond donors (Lipinski definition) is 6. The maximum atomic E-state index is 12.9. The summed E-state index contributed by atoms with van der Waals surface area (Å²) < 4.78 is 8.67. The molecule has 36 heavy (non-hydrogen) atoms. The summed E-state index contributed by atoms with van der Waals surface area (Å²) in [4.78, 5) is 28.8. The zero-order valence-electron chi connectivity index (χ0n) is 20.6. The van der Waals surface area contributed by atoms with E-state index in [9.17, 15) is 15.0 Å². The summed E-state index contributed by atoms with van der Waals surface area (Å²) in [6.07, 6.45) is 6.15. The van der Waals surface area contributed by atoms with E-state index in [0.29, 0.717) is 76.9 Å².